The van der Waals surface area contributed by atoms with Gasteiger partial charge in [0.05, 0.1) is 12.2 Å². The predicted octanol–water partition coefficient (Wildman–Crippen LogP) is 1.59. The van der Waals surface area contributed by atoms with Crippen molar-refractivity contribution in [2.24, 2.45) is 0 Å². The molecule has 0 aliphatic carbocycles. The summed E-state index contributed by atoms with van der Waals surface area (Å²) in [6, 6.07) is 3.62. The Hall–Kier alpha value is -1.53. The van der Waals surface area contributed by atoms with Crippen molar-refractivity contribution in [3.8, 4) is 0 Å². The Kier molecular flexibility index (Phi) is 5.03. The second-order valence-corrected chi connectivity index (χ2v) is 5.01. The number of carbonyl (C=O) groups is 1. The lowest BCUT2D eigenvalue weighted by molar-refractivity contribution is -0.117. The molecular formula is C14H19F2N3O. The van der Waals surface area contributed by atoms with Crippen LogP contribution in [0.1, 0.15) is 12.8 Å². The smallest absolute Gasteiger partial charge is 0.238 e. The first-order valence-electron chi connectivity index (χ1n) is 6.73. The second-order valence-electron chi connectivity index (χ2n) is 5.01. The zero-order valence-electron chi connectivity index (χ0n) is 11.5. The Balaban J connectivity index is 1.84. The fourth-order valence-electron chi connectivity index (χ4n) is 2.36. The molecule has 1 saturated heterocycles. The van der Waals surface area contributed by atoms with E-state index in [1.54, 1.807) is 0 Å². The van der Waals surface area contributed by atoms with Crippen LogP contribution in [0.2, 0.25) is 0 Å². The number of hydrogen-bond acceptors (Lipinski definition) is 3. The molecular weight excluding hydrogens is 264 g/mol. The molecule has 0 saturated carbocycles. The molecule has 0 radical (unpaired) electrons. The van der Waals surface area contributed by atoms with Crippen molar-refractivity contribution in [1.82, 2.24) is 10.2 Å². The summed E-state index contributed by atoms with van der Waals surface area (Å²) in [4.78, 5) is 13.9. The Bertz CT molecular complexity index is 473. The normalized spacial score (nSPS) is 17.1. The zero-order valence-corrected chi connectivity index (χ0v) is 11.5. The van der Waals surface area contributed by atoms with Gasteiger partial charge in [0.1, 0.15) is 11.6 Å². The van der Waals surface area contributed by atoms with E-state index in [4.69, 9.17) is 0 Å². The van der Waals surface area contributed by atoms with Gasteiger partial charge in [0, 0.05) is 25.2 Å². The highest BCUT2D eigenvalue weighted by Crippen LogP contribution is 2.15. The molecule has 0 atom stereocenters. The summed E-state index contributed by atoms with van der Waals surface area (Å²) in [5.74, 6) is -1.69. The Morgan fingerprint density at radius 2 is 2.05 bits per heavy atom. The molecule has 0 spiro atoms. The van der Waals surface area contributed by atoms with Gasteiger partial charge in [-0.15, -0.1) is 0 Å². The number of likely N-dealkylation sites (tertiary alicyclic amines) is 1. The standard InChI is InChI=1S/C14H19F2N3O/c1-17-11-4-6-19(7-5-11)9-14(20)18-13-3-2-10(15)8-12(13)16/h2-3,8,11,17H,4-7,9H2,1H3,(H,18,20). The van der Waals surface area contributed by atoms with Crippen LogP contribution in [0.3, 0.4) is 0 Å². The van der Waals surface area contributed by atoms with Crippen LogP contribution in [-0.4, -0.2) is 43.5 Å². The van der Waals surface area contributed by atoms with E-state index in [0.717, 1.165) is 38.1 Å². The van der Waals surface area contributed by atoms with Gasteiger partial charge in [-0.2, -0.15) is 0 Å². The van der Waals surface area contributed by atoms with Crippen molar-refractivity contribution in [3.63, 3.8) is 0 Å². The summed E-state index contributed by atoms with van der Waals surface area (Å²) in [5.41, 5.74) is 0.0153. The van der Waals surface area contributed by atoms with Gasteiger partial charge in [0.2, 0.25) is 5.91 Å². The van der Waals surface area contributed by atoms with E-state index >= 15 is 0 Å². The molecule has 1 fully saturated rings. The van der Waals surface area contributed by atoms with Gasteiger partial charge in [0.15, 0.2) is 0 Å². The van der Waals surface area contributed by atoms with Crippen molar-refractivity contribution < 1.29 is 13.6 Å². The number of nitrogens with zero attached hydrogens (tertiary/aromatic N) is 1. The van der Waals surface area contributed by atoms with Crippen molar-refractivity contribution in [1.29, 1.82) is 0 Å². The first-order chi connectivity index (χ1) is 9.58. The zero-order chi connectivity index (χ0) is 14.5. The number of hydrogen-bond donors (Lipinski definition) is 2. The molecule has 2 N–H and O–H groups in total. The van der Waals surface area contributed by atoms with Crippen molar-refractivity contribution in [2.45, 2.75) is 18.9 Å². The van der Waals surface area contributed by atoms with Crippen LogP contribution in [0.5, 0.6) is 0 Å². The predicted molar refractivity (Wildman–Crippen MR) is 73.5 cm³/mol. The molecule has 110 valence electrons. The fourth-order valence-corrected chi connectivity index (χ4v) is 2.36. The summed E-state index contributed by atoms with van der Waals surface area (Å²) in [6.07, 6.45) is 1.99. The molecule has 6 heteroatoms. The summed E-state index contributed by atoms with van der Waals surface area (Å²) in [7, 11) is 1.93. The van der Waals surface area contributed by atoms with Crippen LogP contribution in [0.25, 0.3) is 0 Å². The topological polar surface area (TPSA) is 44.4 Å². The molecule has 1 aliphatic rings. The molecule has 20 heavy (non-hydrogen) atoms. The number of nitrogens with one attached hydrogen (secondary N) is 2. The summed E-state index contributed by atoms with van der Waals surface area (Å²) in [6.45, 7) is 1.91. The average Bonchev–Trinajstić information content (AvgIpc) is 2.43. The Labute approximate surface area is 117 Å². The lowest BCUT2D eigenvalue weighted by Crippen LogP contribution is -2.44. The van der Waals surface area contributed by atoms with Crippen LogP contribution < -0.4 is 10.6 Å². The van der Waals surface area contributed by atoms with Gasteiger partial charge in [0.25, 0.3) is 0 Å². The molecule has 2 rings (SSSR count). The van der Waals surface area contributed by atoms with Crippen molar-refractivity contribution in [2.75, 3.05) is 32.0 Å². The van der Waals surface area contributed by atoms with Crippen molar-refractivity contribution in [3.05, 3.63) is 29.8 Å². The average molecular weight is 283 g/mol. The van der Waals surface area contributed by atoms with E-state index in [1.165, 1.54) is 6.07 Å². The molecule has 1 heterocycles. The van der Waals surface area contributed by atoms with E-state index in [0.29, 0.717) is 6.04 Å². The van der Waals surface area contributed by atoms with Crippen LogP contribution in [0, 0.1) is 11.6 Å². The largest absolute Gasteiger partial charge is 0.322 e. The van der Waals surface area contributed by atoms with E-state index in [1.807, 2.05) is 11.9 Å². The van der Waals surface area contributed by atoms with Crippen molar-refractivity contribution >= 4 is 11.6 Å². The Morgan fingerprint density at radius 3 is 2.65 bits per heavy atom. The van der Waals surface area contributed by atoms with Crippen LogP contribution in [0.15, 0.2) is 18.2 Å². The first-order valence-corrected chi connectivity index (χ1v) is 6.73. The number of benzene rings is 1. The van der Waals surface area contributed by atoms with Gasteiger partial charge in [-0.25, -0.2) is 8.78 Å². The number of halogens is 2. The summed E-state index contributed by atoms with van der Waals surface area (Å²) in [5, 5.41) is 5.69. The van der Waals surface area contributed by atoms with E-state index in [9.17, 15) is 13.6 Å². The minimum atomic E-state index is -0.757. The molecule has 1 aliphatic heterocycles. The molecule has 1 amide bonds. The van der Waals surface area contributed by atoms with Gasteiger partial charge >= 0.3 is 0 Å². The van der Waals surface area contributed by atoms with Gasteiger partial charge in [-0.3, -0.25) is 9.69 Å². The van der Waals surface area contributed by atoms with Crippen LogP contribution in [0.4, 0.5) is 14.5 Å². The first kappa shape index (κ1) is 14.9. The third-order valence-electron chi connectivity index (χ3n) is 3.57. The quantitative estimate of drug-likeness (QED) is 0.882. The second kappa shape index (κ2) is 6.76. The summed E-state index contributed by atoms with van der Waals surface area (Å²) >= 11 is 0. The van der Waals surface area contributed by atoms with Gasteiger partial charge in [-0.05, 0) is 32.0 Å². The number of piperidine rings is 1. The molecule has 4 nitrogen and oxygen atoms in total. The molecule has 1 aromatic carbocycles. The molecule has 0 unspecified atom stereocenters. The number of anilines is 1. The van der Waals surface area contributed by atoms with E-state index < -0.39 is 11.6 Å². The Morgan fingerprint density at radius 1 is 1.35 bits per heavy atom. The third-order valence-corrected chi connectivity index (χ3v) is 3.57. The SMILES string of the molecule is CNC1CCN(CC(=O)Nc2ccc(F)cc2F)CC1. The lowest BCUT2D eigenvalue weighted by atomic mass is 10.1. The minimum absolute atomic E-state index is 0.0153. The molecule has 0 aromatic heterocycles. The molecule has 0 bridgehead atoms. The highest BCUT2D eigenvalue weighted by molar-refractivity contribution is 5.92. The monoisotopic (exact) mass is 283 g/mol. The number of rotatable bonds is 4. The number of carbonyl (C=O) groups excluding carboxylic acids is 1. The maximum Gasteiger partial charge on any atom is 0.238 e. The lowest BCUT2D eigenvalue weighted by Gasteiger charge is -2.31. The van der Waals surface area contributed by atoms with Crippen LogP contribution >= 0.6 is 0 Å². The van der Waals surface area contributed by atoms with E-state index in [-0.39, 0.29) is 18.1 Å². The maximum atomic E-state index is 13.4. The van der Waals surface area contributed by atoms with Gasteiger partial charge in [-0.1, -0.05) is 0 Å². The third kappa shape index (κ3) is 3.98. The highest BCUT2D eigenvalue weighted by atomic mass is 19.1. The molecule has 1 aromatic rings. The van der Waals surface area contributed by atoms with E-state index in [2.05, 4.69) is 10.6 Å². The highest BCUT2D eigenvalue weighted by Gasteiger charge is 2.19. The fraction of sp³-hybridized carbons (Fsp3) is 0.500. The maximum absolute atomic E-state index is 13.4. The number of amides is 1. The minimum Gasteiger partial charge on any atom is -0.322 e. The van der Waals surface area contributed by atoms with Crippen LogP contribution in [-0.2, 0) is 4.79 Å². The summed E-state index contributed by atoms with van der Waals surface area (Å²) < 4.78 is 26.2. The van der Waals surface area contributed by atoms with Gasteiger partial charge < -0.3 is 10.6 Å².